The lowest BCUT2D eigenvalue weighted by Gasteiger charge is -2.15. The van der Waals surface area contributed by atoms with E-state index in [2.05, 4.69) is 9.97 Å². The Labute approximate surface area is 177 Å². The van der Waals surface area contributed by atoms with E-state index in [0.717, 1.165) is 23.0 Å². The number of rotatable bonds is 5. The Bertz CT molecular complexity index is 1310. The molecule has 0 aliphatic heterocycles. The lowest BCUT2D eigenvalue weighted by atomic mass is 9.98. The molecule has 0 aliphatic carbocycles. The third-order valence-electron chi connectivity index (χ3n) is 5.07. The lowest BCUT2D eigenvalue weighted by molar-refractivity contribution is 0.0697. The van der Waals surface area contributed by atoms with Gasteiger partial charge in [-0.2, -0.15) is 0 Å². The van der Waals surface area contributed by atoms with Crippen molar-refractivity contribution in [2.24, 2.45) is 0 Å². The molecule has 0 bridgehead atoms. The summed E-state index contributed by atoms with van der Waals surface area (Å²) in [7, 11) is 0. The number of hydrogen-bond donors (Lipinski definition) is 3. The first-order valence-electron chi connectivity index (χ1n) is 9.63. The molecule has 156 valence electrons. The van der Waals surface area contributed by atoms with Crippen molar-refractivity contribution < 1.29 is 14.3 Å². The SMILES string of the molecule is CC(C)c1c(-c2ccc(C(=O)O)cc2)c2nc(N)c(C=N)nc2n1-c1ccc(F)cc1. The van der Waals surface area contributed by atoms with Gasteiger partial charge < -0.3 is 16.2 Å². The monoisotopic (exact) mass is 417 g/mol. The van der Waals surface area contributed by atoms with Crippen LogP contribution in [0.3, 0.4) is 0 Å². The van der Waals surface area contributed by atoms with E-state index in [1.54, 1.807) is 24.3 Å². The molecule has 4 N–H and O–H groups in total. The number of aromatic nitrogens is 3. The summed E-state index contributed by atoms with van der Waals surface area (Å²) >= 11 is 0. The van der Waals surface area contributed by atoms with Gasteiger partial charge in [-0.1, -0.05) is 26.0 Å². The number of carboxylic acids is 1. The zero-order chi connectivity index (χ0) is 22.3. The highest BCUT2D eigenvalue weighted by Gasteiger charge is 2.25. The van der Waals surface area contributed by atoms with Crippen LogP contribution in [0.25, 0.3) is 28.0 Å². The summed E-state index contributed by atoms with van der Waals surface area (Å²) in [5.74, 6) is -1.23. The van der Waals surface area contributed by atoms with Crippen LogP contribution in [-0.4, -0.2) is 31.8 Å². The highest BCUT2D eigenvalue weighted by atomic mass is 19.1. The van der Waals surface area contributed by atoms with E-state index in [9.17, 15) is 14.3 Å². The Morgan fingerprint density at radius 3 is 2.32 bits per heavy atom. The summed E-state index contributed by atoms with van der Waals surface area (Å²) in [5.41, 5.74) is 10.5. The summed E-state index contributed by atoms with van der Waals surface area (Å²) in [6.07, 6.45) is 1.04. The highest BCUT2D eigenvalue weighted by Crippen LogP contribution is 2.39. The predicted octanol–water partition coefficient (Wildman–Crippen LogP) is 4.63. The summed E-state index contributed by atoms with van der Waals surface area (Å²) < 4.78 is 15.5. The Balaban J connectivity index is 2.13. The van der Waals surface area contributed by atoms with Gasteiger partial charge in [0.2, 0.25) is 0 Å². The van der Waals surface area contributed by atoms with Gasteiger partial charge in [0.1, 0.15) is 17.0 Å². The number of nitrogens with two attached hydrogens (primary N) is 1. The van der Waals surface area contributed by atoms with E-state index in [-0.39, 0.29) is 28.8 Å². The number of carboxylic acid groups (broad SMARTS) is 1. The minimum atomic E-state index is -1.01. The second-order valence-electron chi connectivity index (χ2n) is 7.42. The largest absolute Gasteiger partial charge is 0.478 e. The number of benzene rings is 2. The van der Waals surface area contributed by atoms with Crippen LogP contribution in [0.4, 0.5) is 10.2 Å². The number of carbonyl (C=O) groups is 1. The molecule has 0 atom stereocenters. The topological polar surface area (TPSA) is 118 Å². The first-order chi connectivity index (χ1) is 14.8. The number of nitrogens with zero attached hydrogens (tertiary/aromatic N) is 3. The van der Waals surface area contributed by atoms with E-state index in [4.69, 9.17) is 11.1 Å². The van der Waals surface area contributed by atoms with Crippen molar-refractivity contribution >= 4 is 29.2 Å². The third-order valence-corrected chi connectivity index (χ3v) is 5.07. The second kappa shape index (κ2) is 7.64. The van der Waals surface area contributed by atoms with Crippen LogP contribution >= 0.6 is 0 Å². The van der Waals surface area contributed by atoms with Crippen LogP contribution in [0, 0.1) is 11.2 Å². The normalized spacial score (nSPS) is 11.2. The zero-order valence-corrected chi connectivity index (χ0v) is 16.9. The van der Waals surface area contributed by atoms with Crippen molar-refractivity contribution in [2.45, 2.75) is 19.8 Å². The molecule has 8 heteroatoms. The van der Waals surface area contributed by atoms with Gasteiger partial charge in [-0.15, -0.1) is 0 Å². The number of anilines is 1. The molecule has 31 heavy (non-hydrogen) atoms. The fraction of sp³-hybridized carbons (Fsp3) is 0.130. The predicted molar refractivity (Wildman–Crippen MR) is 118 cm³/mol. The molecule has 2 heterocycles. The number of nitrogen functional groups attached to an aromatic ring is 1. The molecule has 4 rings (SSSR count). The molecular weight excluding hydrogens is 397 g/mol. The van der Waals surface area contributed by atoms with E-state index in [1.165, 1.54) is 24.3 Å². The molecule has 0 radical (unpaired) electrons. The van der Waals surface area contributed by atoms with E-state index in [1.807, 2.05) is 18.4 Å². The Hall–Kier alpha value is -4.07. The average molecular weight is 417 g/mol. The van der Waals surface area contributed by atoms with Gasteiger partial charge in [0.05, 0.1) is 5.56 Å². The van der Waals surface area contributed by atoms with Crippen LogP contribution in [0.2, 0.25) is 0 Å². The molecular formula is C23H20FN5O2. The fourth-order valence-electron chi connectivity index (χ4n) is 3.69. The number of nitrogens with one attached hydrogen (secondary N) is 1. The maximum Gasteiger partial charge on any atom is 0.335 e. The van der Waals surface area contributed by atoms with Crippen molar-refractivity contribution in [3.63, 3.8) is 0 Å². The first kappa shape index (κ1) is 20.2. The van der Waals surface area contributed by atoms with Crippen molar-refractivity contribution in [3.8, 4) is 16.8 Å². The smallest absolute Gasteiger partial charge is 0.335 e. The number of hydrogen-bond acceptors (Lipinski definition) is 5. The van der Waals surface area contributed by atoms with Gasteiger partial charge in [-0.05, 0) is 47.9 Å². The zero-order valence-electron chi connectivity index (χ0n) is 16.9. The minimum absolute atomic E-state index is 0.0138. The number of aromatic carboxylic acids is 1. The van der Waals surface area contributed by atoms with Crippen LogP contribution in [0.1, 0.15) is 41.5 Å². The second-order valence-corrected chi connectivity index (χ2v) is 7.42. The first-order valence-corrected chi connectivity index (χ1v) is 9.63. The van der Waals surface area contributed by atoms with Crippen molar-refractivity contribution in [1.29, 1.82) is 5.41 Å². The van der Waals surface area contributed by atoms with Crippen molar-refractivity contribution in [1.82, 2.24) is 14.5 Å². The molecule has 4 aromatic rings. The molecule has 0 saturated heterocycles. The molecule has 7 nitrogen and oxygen atoms in total. The van der Waals surface area contributed by atoms with Gasteiger partial charge in [-0.3, -0.25) is 4.57 Å². The van der Waals surface area contributed by atoms with E-state index >= 15 is 0 Å². The quantitative estimate of drug-likeness (QED) is 0.409. The van der Waals surface area contributed by atoms with Gasteiger partial charge in [0.15, 0.2) is 11.5 Å². The number of fused-ring (bicyclic) bond motifs is 1. The fourth-order valence-corrected chi connectivity index (χ4v) is 3.69. The minimum Gasteiger partial charge on any atom is -0.478 e. The molecule has 0 aliphatic rings. The summed E-state index contributed by atoms with van der Waals surface area (Å²) in [4.78, 5) is 20.4. The molecule has 0 spiro atoms. The van der Waals surface area contributed by atoms with E-state index < -0.39 is 5.97 Å². The van der Waals surface area contributed by atoms with Crippen LogP contribution < -0.4 is 5.73 Å². The highest BCUT2D eigenvalue weighted by molar-refractivity contribution is 5.98. The maximum absolute atomic E-state index is 13.6. The molecule has 0 saturated carbocycles. The van der Waals surface area contributed by atoms with Crippen molar-refractivity contribution in [3.05, 3.63) is 71.3 Å². The lowest BCUT2D eigenvalue weighted by Crippen LogP contribution is -2.05. The summed E-state index contributed by atoms with van der Waals surface area (Å²) in [6, 6.07) is 12.6. The molecule has 0 amide bonds. The maximum atomic E-state index is 13.6. The number of halogens is 1. The Morgan fingerprint density at radius 1 is 1.13 bits per heavy atom. The summed E-state index contributed by atoms with van der Waals surface area (Å²) in [5, 5.41) is 16.8. The van der Waals surface area contributed by atoms with Gasteiger partial charge in [-0.25, -0.2) is 19.2 Å². The molecule has 2 aromatic heterocycles. The Morgan fingerprint density at radius 2 is 1.77 bits per heavy atom. The van der Waals surface area contributed by atoms with Crippen LogP contribution in [0.5, 0.6) is 0 Å². The van der Waals surface area contributed by atoms with E-state index in [0.29, 0.717) is 16.9 Å². The van der Waals surface area contributed by atoms with Crippen LogP contribution in [-0.2, 0) is 0 Å². The van der Waals surface area contributed by atoms with Gasteiger partial charge >= 0.3 is 5.97 Å². The third kappa shape index (κ3) is 3.42. The van der Waals surface area contributed by atoms with Gasteiger partial charge in [0, 0.05) is 23.2 Å². The standard InChI is InChI=1S/C23H20FN5O2/c1-12(2)20-18(13-3-5-14(6-4-13)23(30)31)19-22(27-17(11-25)21(26)28-19)29(20)16-9-7-15(24)8-10-16/h3-12,25H,1-2H3,(H2,26,28)(H,30,31). The van der Waals surface area contributed by atoms with Crippen molar-refractivity contribution in [2.75, 3.05) is 5.73 Å². The molecule has 0 fully saturated rings. The average Bonchev–Trinajstić information content (AvgIpc) is 3.08. The van der Waals surface area contributed by atoms with Gasteiger partial charge in [0.25, 0.3) is 0 Å². The van der Waals surface area contributed by atoms with Crippen LogP contribution in [0.15, 0.2) is 48.5 Å². The molecule has 0 unspecified atom stereocenters. The Kier molecular flexibility index (Phi) is 4.98. The molecule has 2 aromatic carbocycles. The summed E-state index contributed by atoms with van der Waals surface area (Å²) in [6.45, 7) is 4.04.